The van der Waals surface area contributed by atoms with Crippen molar-refractivity contribution in [2.24, 2.45) is 5.73 Å². The van der Waals surface area contributed by atoms with E-state index in [0.717, 1.165) is 17.5 Å². The zero-order chi connectivity index (χ0) is 15.1. The first-order valence-electron chi connectivity index (χ1n) is 7.34. The monoisotopic (exact) mass is 282 g/mol. The minimum atomic E-state index is -0.512. The smallest absolute Gasteiger partial charge is 0.237 e. The van der Waals surface area contributed by atoms with Crippen LogP contribution in [0.1, 0.15) is 23.6 Å². The Morgan fingerprint density at radius 2 is 1.62 bits per heavy atom. The van der Waals surface area contributed by atoms with E-state index in [2.05, 4.69) is 24.4 Å². The number of amides is 1. The normalized spacial score (nSPS) is 11.9. The van der Waals surface area contributed by atoms with Crippen LogP contribution >= 0.6 is 0 Å². The van der Waals surface area contributed by atoms with E-state index < -0.39 is 6.04 Å². The first kappa shape index (κ1) is 15.3. The highest BCUT2D eigenvalue weighted by Gasteiger charge is 2.13. The summed E-state index contributed by atoms with van der Waals surface area (Å²) in [4.78, 5) is 12.0. The molecule has 0 radical (unpaired) electrons. The van der Waals surface area contributed by atoms with Crippen LogP contribution < -0.4 is 11.1 Å². The molecule has 0 fully saturated rings. The number of nitrogens with one attached hydrogen (secondary N) is 1. The van der Waals surface area contributed by atoms with E-state index >= 15 is 0 Å². The van der Waals surface area contributed by atoms with E-state index in [1.807, 2.05) is 42.5 Å². The van der Waals surface area contributed by atoms with Gasteiger partial charge in [0.05, 0.1) is 6.04 Å². The molecule has 0 heterocycles. The number of aryl methyl sites for hydroxylation is 1. The van der Waals surface area contributed by atoms with Crippen molar-refractivity contribution in [2.75, 3.05) is 0 Å². The van der Waals surface area contributed by atoms with Crippen molar-refractivity contribution < 1.29 is 4.79 Å². The molecule has 3 N–H and O–H groups in total. The third-order valence-corrected chi connectivity index (χ3v) is 3.53. The maximum atomic E-state index is 12.0. The topological polar surface area (TPSA) is 55.1 Å². The van der Waals surface area contributed by atoms with Crippen molar-refractivity contribution in [1.29, 1.82) is 0 Å². The Balaban J connectivity index is 1.83. The first-order chi connectivity index (χ1) is 10.2. The lowest BCUT2D eigenvalue weighted by Crippen LogP contribution is -2.41. The van der Waals surface area contributed by atoms with Crippen molar-refractivity contribution in [3.05, 3.63) is 71.3 Å². The van der Waals surface area contributed by atoms with E-state index in [1.165, 1.54) is 5.56 Å². The number of carbonyl (C=O) groups is 1. The highest BCUT2D eigenvalue weighted by molar-refractivity contribution is 5.81. The lowest BCUT2D eigenvalue weighted by Gasteiger charge is -2.12. The van der Waals surface area contributed by atoms with Crippen LogP contribution in [0.15, 0.2) is 54.6 Å². The molecule has 0 saturated heterocycles. The highest BCUT2D eigenvalue weighted by atomic mass is 16.2. The molecule has 0 unspecified atom stereocenters. The molecule has 21 heavy (non-hydrogen) atoms. The third kappa shape index (κ3) is 4.72. The molecule has 3 nitrogen and oxygen atoms in total. The number of hydrogen-bond acceptors (Lipinski definition) is 2. The second kappa shape index (κ2) is 7.60. The lowest BCUT2D eigenvalue weighted by molar-refractivity contribution is -0.122. The second-order valence-corrected chi connectivity index (χ2v) is 5.18. The van der Waals surface area contributed by atoms with Gasteiger partial charge in [0.2, 0.25) is 5.91 Å². The molecule has 0 aliphatic heterocycles. The molecule has 0 bridgehead atoms. The molecule has 0 aromatic heterocycles. The number of nitrogens with two attached hydrogens (primary N) is 1. The van der Waals surface area contributed by atoms with Crippen LogP contribution in [-0.4, -0.2) is 11.9 Å². The summed E-state index contributed by atoms with van der Waals surface area (Å²) in [6, 6.07) is 17.6. The minimum absolute atomic E-state index is 0.113. The summed E-state index contributed by atoms with van der Waals surface area (Å²) >= 11 is 0. The highest BCUT2D eigenvalue weighted by Crippen LogP contribution is 2.05. The fraction of sp³-hybridized carbons (Fsp3) is 0.278. The summed E-state index contributed by atoms with van der Waals surface area (Å²) in [5.41, 5.74) is 9.41. The van der Waals surface area contributed by atoms with Gasteiger partial charge < -0.3 is 11.1 Å². The van der Waals surface area contributed by atoms with Gasteiger partial charge in [0.1, 0.15) is 0 Å². The number of benzene rings is 2. The predicted octanol–water partition coefficient (Wildman–Crippen LogP) is 2.44. The zero-order valence-electron chi connectivity index (χ0n) is 12.4. The third-order valence-electron chi connectivity index (χ3n) is 3.53. The van der Waals surface area contributed by atoms with Crippen molar-refractivity contribution in [3.8, 4) is 0 Å². The fourth-order valence-corrected chi connectivity index (χ4v) is 2.17. The predicted molar refractivity (Wildman–Crippen MR) is 85.8 cm³/mol. The average molecular weight is 282 g/mol. The molecule has 0 spiro atoms. The Morgan fingerprint density at radius 3 is 2.24 bits per heavy atom. The molecular formula is C18H22N2O. The van der Waals surface area contributed by atoms with Crippen LogP contribution in [0, 0.1) is 0 Å². The van der Waals surface area contributed by atoms with Crippen LogP contribution in [0.2, 0.25) is 0 Å². The molecule has 1 atom stereocenters. The molecule has 110 valence electrons. The molecule has 1 amide bonds. The van der Waals surface area contributed by atoms with E-state index in [9.17, 15) is 4.79 Å². The molecular weight excluding hydrogens is 260 g/mol. The Morgan fingerprint density at radius 1 is 1.00 bits per heavy atom. The minimum Gasteiger partial charge on any atom is -0.351 e. The fourth-order valence-electron chi connectivity index (χ4n) is 2.17. The van der Waals surface area contributed by atoms with Crippen molar-refractivity contribution in [2.45, 2.75) is 32.4 Å². The van der Waals surface area contributed by atoms with Gasteiger partial charge in [0, 0.05) is 6.54 Å². The van der Waals surface area contributed by atoms with Crippen LogP contribution in [0.25, 0.3) is 0 Å². The van der Waals surface area contributed by atoms with E-state index in [1.54, 1.807) is 0 Å². The van der Waals surface area contributed by atoms with Gasteiger partial charge in [-0.3, -0.25) is 4.79 Å². The van der Waals surface area contributed by atoms with Gasteiger partial charge in [-0.05, 0) is 29.5 Å². The van der Waals surface area contributed by atoms with Crippen molar-refractivity contribution in [1.82, 2.24) is 5.32 Å². The van der Waals surface area contributed by atoms with Crippen molar-refractivity contribution in [3.63, 3.8) is 0 Å². The van der Waals surface area contributed by atoms with Crippen LogP contribution in [0.4, 0.5) is 0 Å². The van der Waals surface area contributed by atoms with Gasteiger partial charge in [-0.2, -0.15) is 0 Å². The lowest BCUT2D eigenvalue weighted by atomic mass is 10.1. The Bertz CT molecular complexity index is 564. The Kier molecular flexibility index (Phi) is 5.52. The average Bonchev–Trinajstić information content (AvgIpc) is 2.54. The summed E-state index contributed by atoms with van der Waals surface area (Å²) in [5.74, 6) is -0.113. The summed E-state index contributed by atoms with van der Waals surface area (Å²) in [7, 11) is 0. The van der Waals surface area contributed by atoms with Gasteiger partial charge in [-0.25, -0.2) is 0 Å². The first-order valence-corrected chi connectivity index (χ1v) is 7.34. The van der Waals surface area contributed by atoms with Gasteiger partial charge >= 0.3 is 0 Å². The molecule has 2 aromatic rings. The van der Waals surface area contributed by atoms with E-state index in [0.29, 0.717) is 13.0 Å². The summed E-state index contributed by atoms with van der Waals surface area (Å²) in [6.45, 7) is 2.64. The Labute approximate surface area is 126 Å². The Hall–Kier alpha value is -2.13. The van der Waals surface area contributed by atoms with E-state index in [-0.39, 0.29) is 5.91 Å². The number of hydrogen-bond donors (Lipinski definition) is 2. The van der Waals surface area contributed by atoms with E-state index in [4.69, 9.17) is 5.73 Å². The maximum absolute atomic E-state index is 12.0. The van der Waals surface area contributed by atoms with Crippen molar-refractivity contribution >= 4 is 5.91 Å². The summed E-state index contributed by atoms with van der Waals surface area (Å²) in [6.07, 6.45) is 1.58. The molecule has 2 aromatic carbocycles. The van der Waals surface area contributed by atoms with Gasteiger partial charge in [-0.1, -0.05) is 61.5 Å². The summed E-state index contributed by atoms with van der Waals surface area (Å²) in [5, 5.41) is 2.89. The standard InChI is InChI=1S/C18H22N2O/c1-2-14-8-10-16(11-9-14)13-20-18(21)17(19)12-15-6-4-3-5-7-15/h3-11,17H,2,12-13,19H2,1H3,(H,20,21)/t17-/m0/s1. The van der Waals surface area contributed by atoms with Crippen LogP contribution in [-0.2, 0) is 24.2 Å². The molecule has 0 aliphatic rings. The molecule has 3 heteroatoms. The summed E-state index contributed by atoms with van der Waals surface area (Å²) < 4.78 is 0. The number of carbonyl (C=O) groups excluding carboxylic acids is 1. The number of rotatable bonds is 6. The van der Waals surface area contributed by atoms with Gasteiger partial charge in [0.25, 0.3) is 0 Å². The molecule has 2 rings (SSSR count). The largest absolute Gasteiger partial charge is 0.351 e. The van der Waals surface area contributed by atoms with Gasteiger partial charge in [-0.15, -0.1) is 0 Å². The van der Waals surface area contributed by atoms with Crippen LogP contribution in [0.5, 0.6) is 0 Å². The zero-order valence-corrected chi connectivity index (χ0v) is 12.4. The molecule has 0 saturated carbocycles. The van der Waals surface area contributed by atoms with Crippen LogP contribution in [0.3, 0.4) is 0 Å². The SMILES string of the molecule is CCc1ccc(CNC(=O)[C@@H](N)Cc2ccccc2)cc1. The van der Waals surface area contributed by atoms with Gasteiger partial charge in [0.15, 0.2) is 0 Å². The molecule has 0 aliphatic carbocycles. The maximum Gasteiger partial charge on any atom is 0.237 e. The quantitative estimate of drug-likeness (QED) is 0.855. The second-order valence-electron chi connectivity index (χ2n) is 5.18.